The van der Waals surface area contributed by atoms with Crippen molar-refractivity contribution in [2.75, 3.05) is 10.6 Å². The number of amides is 2. The molecule has 0 aliphatic rings. The van der Waals surface area contributed by atoms with Crippen LogP contribution in [0.5, 0.6) is 0 Å². The lowest BCUT2D eigenvalue weighted by Crippen LogP contribution is -2.14. The summed E-state index contributed by atoms with van der Waals surface area (Å²) < 4.78 is 18.2. The average Bonchev–Trinajstić information content (AvgIpc) is 3.20. The SMILES string of the molecule is CCC(=O)Nc1ccc(C)c(NC(=O)CCCc2nc(-c3ccc(F)cc3)no2)c1. The van der Waals surface area contributed by atoms with E-state index >= 15 is 0 Å². The number of halogens is 1. The highest BCUT2D eigenvalue weighted by Gasteiger charge is 2.11. The molecule has 1 aromatic heterocycles. The zero-order valence-corrected chi connectivity index (χ0v) is 16.9. The number of hydrogen-bond donors (Lipinski definition) is 2. The van der Waals surface area contributed by atoms with Gasteiger partial charge in [0.25, 0.3) is 0 Å². The minimum atomic E-state index is -0.331. The number of carbonyl (C=O) groups excluding carboxylic acids is 2. The van der Waals surface area contributed by atoms with Gasteiger partial charge in [-0.3, -0.25) is 9.59 Å². The summed E-state index contributed by atoms with van der Waals surface area (Å²) in [5.74, 6) is 0.242. The molecule has 0 spiro atoms. The second-order valence-corrected chi connectivity index (χ2v) is 6.85. The molecule has 0 atom stereocenters. The summed E-state index contributed by atoms with van der Waals surface area (Å²) in [4.78, 5) is 28.1. The van der Waals surface area contributed by atoms with E-state index in [1.54, 1.807) is 31.2 Å². The number of nitrogens with one attached hydrogen (secondary N) is 2. The monoisotopic (exact) mass is 410 g/mol. The number of rotatable bonds is 8. The summed E-state index contributed by atoms with van der Waals surface area (Å²) in [6.45, 7) is 3.66. The molecule has 7 nitrogen and oxygen atoms in total. The van der Waals surface area contributed by atoms with Gasteiger partial charge in [0.2, 0.25) is 23.5 Å². The third-order valence-electron chi connectivity index (χ3n) is 4.48. The number of hydrogen-bond acceptors (Lipinski definition) is 5. The van der Waals surface area contributed by atoms with E-state index in [-0.39, 0.29) is 24.1 Å². The summed E-state index contributed by atoms with van der Waals surface area (Å²) in [7, 11) is 0. The fraction of sp³-hybridized carbons (Fsp3) is 0.273. The Morgan fingerprint density at radius 2 is 1.83 bits per heavy atom. The van der Waals surface area contributed by atoms with Crippen LogP contribution in [0.1, 0.15) is 37.6 Å². The molecule has 0 bridgehead atoms. The van der Waals surface area contributed by atoms with Crippen LogP contribution in [0.4, 0.5) is 15.8 Å². The molecule has 0 aliphatic carbocycles. The second kappa shape index (κ2) is 9.78. The molecule has 2 amide bonds. The molecule has 156 valence electrons. The molecular weight excluding hydrogens is 387 g/mol. The van der Waals surface area contributed by atoms with Crippen molar-refractivity contribution >= 4 is 23.2 Å². The molecule has 0 saturated carbocycles. The van der Waals surface area contributed by atoms with E-state index < -0.39 is 0 Å². The maximum absolute atomic E-state index is 13.0. The molecule has 3 rings (SSSR count). The number of nitrogens with zero attached hydrogens (tertiary/aromatic N) is 2. The molecule has 3 aromatic rings. The molecule has 8 heteroatoms. The van der Waals surface area contributed by atoms with Gasteiger partial charge in [-0.05, 0) is 55.3 Å². The van der Waals surface area contributed by atoms with Crippen LogP contribution in [0, 0.1) is 12.7 Å². The Hall–Kier alpha value is -3.55. The first kappa shape index (κ1) is 21.2. The van der Waals surface area contributed by atoms with Crippen molar-refractivity contribution in [3.05, 3.63) is 59.7 Å². The molecule has 0 fully saturated rings. The highest BCUT2D eigenvalue weighted by Crippen LogP contribution is 2.21. The van der Waals surface area contributed by atoms with Crippen molar-refractivity contribution in [1.82, 2.24) is 10.1 Å². The van der Waals surface area contributed by atoms with Crippen LogP contribution >= 0.6 is 0 Å². The van der Waals surface area contributed by atoms with Gasteiger partial charge >= 0.3 is 0 Å². The maximum atomic E-state index is 13.0. The van der Waals surface area contributed by atoms with E-state index in [0.717, 1.165) is 5.56 Å². The third kappa shape index (κ3) is 5.73. The molecular formula is C22H23FN4O3. The number of aryl methyl sites for hydroxylation is 2. The van der Waals surface area contributed by atoms with Crippen LogP contribution in [0.15, 0.2) is 47.0 Å². The van der Waals surface area contributed by atoms with Gasteiger partial charge in [0.15, 0.2) is 0 Å². The zero-order chi connectivity index (χ0) is 21.5. The number of aromatic nitrogens is 2. The highest BCUT2D eigenvalue weighted by atomic mass is 19.1. The van der Waals surface area contributed by atoms with Gasteiger partial charge in [0.05, 0.1) is 0 Å². The summed E-state index contributed by atoms with van der Waals surface area (Å²) in [5.41, 5.74) is 2.86. The number of carbonyl (C=O) groups is 2. The second-order valence-electron chi connectivity index (χ2n) is 6.85. The standard InChI is InChI=1S/C22H23FN4O3/c1-3-19(28)24-17-12-7-14(2)18(13-17)25-20(29)5-4-6-21-26-22(27-30-21)15-8-10-16(23)11-9-15/h7-13H,3-6H2,1-2H3,(H,24,28)(H,25,29). The Kier molecular flexibility index (Phi) is 6.90. The van der Waals surface area contributed by atoms with Crippen LogP contribution in [0.3, 0.4) is 0 Å². The predicted octanol–water partition coefficient (Wildman–Crippen LogP) is 4.49. The normalized spacial score (nSPS) is 10.6. The molecule has 0 unspecified atom stereocenters. The fourth-order valence-corrected chi connectivity index (χ4v) is 2.77. The van der Waals surface area contributed by atoms with E-state index in [1.165, 1.54) is 12.1 Å². The van der Waals surface area contributed by atoms with Crippen LogP contribution in [-0.4, -0.2) is 22.0 Å². The van der Waals surface area contributed by atoms with Crippen molar-refractivity contribution in [2.45, 2.75) is 39.5 Å². The van der Waals surface area contributed by atoms with Gasteiger partial charge < -0.3 is 15.2 Å². The first-order chi connectivity index (χ1) is 14.4. The molecule has 30 heavy (non-hydrogen) atoms. The minimum absolute atomic E-state index is 0.0873. The van der Waals surface area contributed by atoms with Gasteiger partial charge in [-0.15, -0.1) is 0 Å². The van der Waals surface area contributed by atoms with Crippen molar-refractivity contribution in [3.8, 4) is 11.4 Å². The zero-order valence-electron chi connectivity index (χ0n) is 16.9. The smallest absolute Gasteiger partial charge is 0.226 e. The van der Waals surface area contributed by atoms with E-state index in [4.69, 9.17) is 4.52 Å². The lowest BCUT2D eigenvalue weighted by atomic mass is 10.1. The topological polar surface area (TPSA) is 97.1 Å². The van der Waals surface area contributed by atoms with Crippen molar-refractivity contribution in [3.63, 3.8) is 0 Å². The van der Waals surface area contributed by atoms with Gasteiger partial charge in [-0.1, -0.05) is 18.1 Å². The Morgan fingerprint density at radius 3 is 2.57 bits per heavy atom. The van der Waals surface area contributed by atoms with Gasteiger partial charge in [-0.2, -0.15) is 4.98 Å². The van der Waals surface area contributed by atoms with E-state index in [0.29, 0.717) is 47.9 Å². The lowest BCUT2D eigenvalue weighted by molar-refractivity contribution is -0.116. The summed E-state index contributed by atoms with van der Waals surface area (Å²) in [6, 6.07) is 11.2. The van der Waals surface area contributed by atoms with E-state index in [9.17, 15) is 14.0 Å². The summed E-state index contributed by atoms with van der Waals surface area (Å²) in [5, 5.41) is 9.54. The Morgan fingerprint density at radius 1 is 1.07 bits per heavy atom. The van der Waals surface area contributed by atoms with E-state index in [1.807, 2.05) is 13.0 Å². The van der Waals surface area contributed by atoms with Crippen molar-refractivity contribution < 1.29 is 18.5 Å². The molecule has 0 saturated heterocycles. The maximum Gasteiger partial charge on any atom is 0.226 e. The fourth-order valence-electron chi connectivity index (χ4n) is 2.77. The Labute approximate surface area is 173 Å². The van der Waals surface area contributed by atoms with Crippen LogP contribution < -0.4 is 10.6 Å². The number of anilines is 2. The van der Waals surface area contributed by atoms with E-state index in [2.05, 4.69) is 20.8 Å². The van der Waals surface area contributed by atoms with Crippen LogP contribution in [-0.2, 0) is 16.0 Å². The minimum Gasteiger partial charge on any atom is -0.339 e. The lowest BCUT2D eigenvalue weighted by Gasteiger charge is -2.11. The molecule has 2 aromatic carbocycles. The average molecular weight is 410 g/mol. The van der Waals surface area contributed by atoms with Gasteiger partial charge in [-0.25, -0.2) is 4.39 Å². The molecule has 0 radical (unpaired) electrons. The van der Waals surface area contributed by atoms with Crippen LogP contribution in [0.25, 0.3) is 11.4 Å². The molecule has 0 aliphatic heterocycles. The molecule has 2 N–H and O–H groups in total. The summed E-state index contributed by atoms with van der Waals surface area (Å²) >= 11 is 0. The molecule has 1 heterocycles. The largest absolute Gasteiger partial charge is 0.339 e. The van der Waals surface area contributed by atoms with Crippen molar-refractivity contribution in [2.24, 2.45) is 0 Å². The summed E-state index contributed by atoms with van der Waals surface area (Å²) in [6.07, 6.45) is 1.64. The quantitative estimate of drug-likeness (QED) is 0.570. The first-order valence-corrected chi connectivity index (χ1v) is 9.73. The van der Waals surface area contributed by atoms with Crippen molar-refractivity contribution in [1.29, 1.82) is 0 Å². The van der Waals surface area contributed by atoms with Crippen LogP contribution in [0.2, 0.25) is 0 Å². The Bertz CT molecular complexity index is 1030. The Balaban J connectivity index is 1.51. The number of benzene rings is 2. The highest BCUT2D eigenvalue weighted by molar-refractivity contribution is 5.94. The predicted molar refractivity (Wildman–Crippen MR) is 111 cm³/mol. The first-order valence-electron chi connectivity index (χ1n) is 9.73. The van der Waals surface area contributed by atoms with Gasteiger partial charge in [0.1, 0.15) is 5.82 Å². The van der Waals surface area contributed by atoms with Gasteiger partial charge in [0, 0.05) is 36.2 Å². The third-order valence-corrected chi connectivity index (χ3v) is 4.48.